The molecule has 1 aliphatic rings. The molecule has 2 atom stereocenters. The Balaban J connectivity index is 2.62. The van der Waals surface area contributed by atoms with Gasteiger partial charge in [-0.1, -0.05) is 6.92 Å². The summed E-state index contributed by atoms with van der Waals surface area (Å²) in [5, 5.41) is 10.1. The van der Waals surface area contributed by atoms with E-state index in [1.54, 1.807) is 0 Å². The van der Waals surface area contributed by atoms with Gasteiger partial charge in [-0.15, -0.1) is 0 Å². The first-order chi connectivity index (χ1) is 8.14. The zero-order valence-electron chi connectivity index (χ0n) is 12.3. The summed E-state index contributed by atoms with van der Waals surface area (Å²) in [4.78, 5) is 14.2. The Morgan fingerprint density at radius 3 is 2.50 bits per heavy atom. The minimum Gasteiger partial charge on any atom is -0.459 e. The molecule has 0 spiro atoms. The second-order valence-electron chi connectivity index (χ2n) is 6.51. The molecule has 18 heavy (non-hydrogen) atoms. The summed E-state index contributed by atoms with van der Waals surface area (Å²) in [6.07, 6.45) is 2.50. The van der Waals surface area contributed by atoms with Crippen LogP contribution in [-0.2, 0) is 9.53 Å². The topological polar surface area (TPSA) is 49.8 Å². The Morgan fingerprint density at radius 2 is 2.00 bits per heavy atom. The predicted octanol–water partition coefficient (Wildman–Crippen LogP) is 1.95. The first-order valence-corrected chi connectivity index (χ1v) is 6.84. The van der Waals surface area contributed by atoms with Gasteiger partial charge in [0.15, 0.2) is 0 Å². The molecule has 1 N–H and O–H groups in total. The van der Waals surface area contributed by atoms with Gasteiger partial charge in [0.2, 0.25) is 0 Å². The maximum atomic E-state index is 12.1. The highest BCUT2D eigenvalue weighted by Gasteiger charge is 2.36. The second-order valence-corrected chi connectivity index (χ2v) is 6.51. The van der Waals surface area contributed by atoms with Crippen molar-refractivity contribution in [2.75, 3.05) is 13.1 Å². The highest BCUT2D eigenvalue weighted by molar-refractivity contribution is 5.76. The van der Waals surface area contributed by atoms with Crippen LogP contribution in [0, 0.1) is 0 Å². The smallest absolute Gasteiger partial charge is 0.323 e. The number of carbonyl (C=O) groups is 1. The molecule has 0 aromatic rings. The lowest BCUT2D eigenvalue weighted by Gasteiger charge is -2.32. The van der Waals surface area contributed by atoms with Crippen LogP contribution >= 0.6 is 0 Å². The maximum absolute atomic E-state index is 12.1. The molecular formula is C14H27NO3. The summed E-state index contributed by atoms with van der Waals surface area (Å²) in [5.74, 6) is -0.160. The fourth-order valence-corrected chi connectivity index (χ4v) is 2.20. The van der Waals surface area contributed by atoms with E-state index in [9.17, 15) is 9.90 Å². The molecule has 0 aliphatic carbocycles. The summed E-state index contributed by atoms with van der Waals surface area (Å²) >= 11 is 0. The molecule has 4 nitrogen and oxygen atoms in total. The summed E-state index contributed by atoms with van der Waals surface area (Å²) < 4.78 is 5.44. The third-order valence-electron chi connectivity index (χ3n) is 3.35. The molecule has 0 radical (unpaired) electrons. The van der Waals surface area contributed by atoms with E-state index in [2.05, 4.69) is 4.90 Å². The quantitative estimate of drug-likeness (QED) is 0.782. The van der Waals surface area contributed by atoms with E-state index in [0.717, 1.165) is 19.4 Å². The molecule has 1 saturated heterocycles. The molecule has 1 rings (SSSR count). The Bertz CT molecular complexity index is 294. The maximum Gasteiger partial charge on any atom is 0.323 e. The average Bonchev–Trinajstić information content (AvgIpc) is 2.62. The van der Waals surface area contributed by atoms with Crippen LogP contribution in [0.25, 0.3) is 0 Å². The minimum absolute atomic E-state index is 0.160. The molecule has 1 aliphatic heterocycles. The first-order valence-electron chi connectivity index (χ1n) is 6.84. The Labute approximate surface area is 110 Å². The zero-order valence-corrected chi connectivity index (χ0v) is 12.3. The van der Waals surface area contributed by atoms with Crippen LogP contribution in [-0.4, -0.2) is 46.3 Å². The van der Waals surface area contributed by atoms with Crippen LogP contribution < -0.4 is 0 Å². The van der Waals surface area contributed by atoms with Crippen LogP contribution in [0.15, 0.2) is 0 Å². The van der Waals surface area contributed by atoms with Gasteiger partial charge in [0.1, 0.15) is 11.6 Å². The van der Waals surface area contributed by atoms with Crippen LogP contribution in [0.1, 0.15) is 53.9 Å². The fraction of sp³-hybridized carbons (Fsp3) is 0.929. The van der Waals surface area contributed by atoms with Crippen molar-refractivity contribution < 1.29 is 14.6 Å². The monoisotopic (exact) mass is 257 g/mol. The van der Waals surface area contributed by atoms with Crippen molar-refractivity contribution in [2.45, 2.75) is 71.1 Å². The molecule has 0 aromatic heterocycles. The molecule has 1 heterocycles. The zero-order chi connectivity index (χ0) is 14.0. The van der Waals surface area contributed by atoms with Gasteiger partial charge in [0, 0.05) is 6.54 Å². The van der Waals surface area contributed by atoms with Gasteiger partial charge in [-0.3, -0.25) is 9.69 Å². The number of nitrogens with zero attached hydrogens (tertiary/aromatic N) is 1. The highest BCUT2D eigenvalue weighted by atomic mass is 16.6. The standard InChI is InChI=1S/C14H27NO3/c1-6-14(5,17)10-15-9-7-8-11(15)12(16)18-13(2,3)4/h11,17H,6-10H2,1-5H3/t11-,14?/m0/s1. The molecule has 106 valence electrons. The molecule has 1 fully saturated rings. The van der Waals surface area contributed by atoms with Crippen LogP contribution in [0.4, 0.5) is 0 Å². The van der Waals surface area contributed by atoms with E-state index >= 15 is 0 Å². The summed E-state index contributed by atoms with van der Waals surface area (Å²) in [6, 6.07) is -0.192. The lowest BCUT2D eigenvalue weighted by molar-refractivity contribution is -0.161. The van der Waals surface area contributed by atoms with Gasteiger partial charge in [-0.2, -0.15) is 0 Å². The van der Waals surface area contributed by atoms with Crippen molar-refractivity contribution in [1.29, 1.82) is 0 Å². The number of rotatable bonds is 4. The third-order valence-corrected chi connectivity index (χ3v) is 3.35. The van der Waals surface area contributed by atoms with E-state index < -0.39 is 11.2 Å². The van der Waals surface area contributed by atoms with Gasteiger partial charge in [-0.25, -0.2) is 0 Å². The summed E-state index contributed by atoms with van der Waals surface area (Å²) in [6.45, 7) is 10.8. The lowest BCUT2D eigenvalue weighted by atomic mass is 10.0. The number of β-amino-alcohol motifs (C(OH)–C–C–N with tert-alkyl or cyclic N) is 1. The molecule has 0 amide bonds. The number of hydrogen-bond donors (Lipinski definition) is 1. The Hall–Kier alpha value is -0.610. The van der Waals surface area contributed by atoms with Crippen molar-refractivity contribution >= 4 is 5.97 Å². The molecule has 0 saturated carbocycles. The van der Waals surface area contributed by atoms with Crippen molar-refractivity contribution in [1.82, 2.24) is 4.90 Å². The van der Waals surface area contributed by atoms with E-state index in [1.807, 2.05) is 34.6 Å². The first kappa shape index (κ1) is 15.4. The van der Waals surface area contributed by atoms with Crippen molar-refractivity contribution in [3.63, 3.8) is 0 Å². The average molecular weight is 257 g/mol. The van der Waals surface area contributed by atoms with Gasteiger partial charge in [0.05, 0.1) is 5.60 Å². The minimum atomic E-state index is -0.732. The number of esters is 1. The second kappa shape index (κ2) is 5.57. The number of aliphatic hydroxyl groups is 1. The third kappa shape index (κ3) is 4.58. The van der Waals surface area contributed by atoms with Gasteiger partial charge in [0.25, 0.3) is 0 Å². The fourth-order valence-electron chi connectivity index (χ4n) is 2.20. The van der Waals surface area contributed by atoms with Gasteiger partial charge < -0.3 is 9.84 Å². The van der Waals surface area contributed by atoms with E-state index in [4.69, 9.17) is 4.74 Å². The number of hydrogen-bond acceptors (Lipinski definition) is 4. The van der Waals surface area contributed by atoms with Crippen LogP contribution in [0.5, 0.6) is 0 Å². The molecule has 4 heteroatoms. The SMILES string of the molecule is CCC(C)(O)CN1CCC[C@H]1C(=O)OC(C)(C)C. The molecule has 0 aromatic carbocycles. The predicted molar refractivity (Wildman–Crippen MR) is 71.4 cm³/mol. The molecule has 1 unspecified atom stereocenters. The molecular weight excluding hydrogens is 230 g/mol. The van der Waals surface area contributed by atoms with Crippen molar-refractivity contribution in [3.8, 4) is 0 Å². The Kier molecular flexibility index (Phi) is 4.78. The van der Waals surface area contributed by atoms with Gasteiger partial charge >= 0.3 is 5.97 Å². The largest absolute Gasteiger partial charge is 0.459 e. The lowest BCUT2D eigenvalue weighted by Crippen LogP contribution is -2.47. The summed E-state index contributed by atoms with van der Waals surface area (Å²) in [5.41, 5.74) is -1.18. The number of likely N-dealkylation sites (tertiary alicyclic amines) is 1. The van der Waals surface area contributed by atoms with E-state index in [1.165, 1.54) is 0 Å². The van der Waals surface area contributed by atoms with Crippen molar-refractivity contribution in [2.24, 2.45) is 0 Å². The number of carbonyl (C=O) groups excluding carboxylic acids is 1. The normalized spacial score (nSPS) is 24.9. The molecule has 0 bridgehead atoms. The van der Waals surface area contributed by atoms with Crippen LogP contribution in [0.2, 0.25) is 0 Å². The summed E-state index contributed by atoms with van der Waals surface area (Å²) in [7, 11) is 0. The van der Waals surface area contributed by atoms with Gasteiger partial charge in [-0.05, 0) is 53.5 Å². The Morgan fingerprint density at radius 1 is 1.39 bits per heavy atom. The van der Waals surface area contributed by atoms with E-state index in [0.29, 0.717) is 13.0 Å². The van der Waals surface area contributed by atoms with Crippen LogP contribution in [0.3, 0.4) is 0 Å². The highest BCUT2D eigenvalue weighted by Crippen LogP contribution is 2.24. The van der Waals surface area contributed by atoms with Crippen molar-refractivity contribution in [3.05, 3.63) is 0 Å². The van der Waals surface area contributed by atoms with E-state index in [-0.39, 0.29) is 12.0 Å². The number of ether oxygens (including phenoxy) is 1.